The number of amides is 1. The van der Waals surface area contributed by atoms with Gasteiger partial charge in [0.1, 0.15) is 11.6 Å². The van der Waals surface area contributed by atoms with Gasteiger partial charge >= 0.3 is 0 Å². The molecule has 5 rings (SSSR count). The number of nitrogens with one attached hydrogen (secondary N) is 1. The van der Waals surface area contributed by atoms with Gasteiger partial charge in [0.15, 0.2) is 0 Å². The summed E-state index contributed by atoms with van der Waals surface area (Å²) in [7, 11) is 0. The van der Waals surface area contributed by atoms with Crippen LogP contribution in [0.1, 0.15) is 12.0 Å². The molecule has 3 aromatic rings. The highest BCUT2D eigenvalue weighted by Gasteiger charge is 2.58. The molecule has 26 heavy (non-hydrogen) atoms. The summed E-state index contributed by atoms with van der Waals surface area (Å²) >= 11 is 0. The lowest BCUT2D eigenvalue weighted by Crippen LogP contribution is -2.32. The molecular weight excluding hydrogens is 333 g/mol. The van der Waals surface area contributed by atoms with E-state index in [1.165, 1.54) is 12.1 Å². The van der Waals surface area contributed by atoms with Crippen LogP contribution in [0, 0.1) is 17.7 Å². The second kappa shape index (κ2) is 5.72. The topological polar surface area (TPSA) is 74.8 Å². The van der Waals surface area contributed by atoms with Gasteiger partial charge in [-0.2, -0.15) is 15.3 Å². The molecule has 0 radical (unpaired) electrons. The van der Waals surface area contributed by atoms with Crippen molar-refractivity contribution in [3.05, 3.63) is 60.2 Å². The van der Waals surface area contributed by atoms with E-state index in [2.05, 4.69) is 20.4 Å². The first kappa shape index (κ1) is 15.2. The fourth-order valence-electron chi connectivity index (χ4n) is 3.89. The van der Waals surface area contributed by atoms with E-state index < -0.39 is 0 Å². The van der Waals surface area contributed by atoms with E-state index in [0.29, 0.717) is 12.3 Å². The molecule has 2 aromatic heterocycles. The number of nitrogens with zero attached hydrogens (tertiary/aromatic N) is 4. The number of aromatic amines is 1. The largest absolute Gasteiger partial charge is 0.293 e. The number of hydrogen-bond acceptors (Lipinski definition) is 4. The first-order chi connectivity index (χ1) is 12.7. The molecule has 0 spiro atoms. The van der Waals surface area contributed by atoms with Crippen LogP contribution in [-0.2, 0) is 11.2 Å². The highest BCUT2D eigenvalue weighted by atomic mass is 19.1. The molecule has 3 atom stereocenters. The van der Waals surface area contributed by atoms with Gasteiger partial charge < -0.3 is 0 Å². The lowest BCUT2D eigenvalue weighted by atomic mass is 9.95. The van der Waals surface area contributed by atoms with E-state index in [-0.39, 0.29) is 23.7 Å². The quantitative estimate of drug-likeness (QED) is 0.786. The summed E-state index contributed by atoms with van der Waals surface area (Å²) in [5.41, 5.74) is 2.58. The Morgan fingerprint density at radius 3 is 2.81 bits per heavy atom. The van der Waals surface area contributed by atoms with Crippen molar-refractivity contribution in [1.29, 1.82) is 0 Å². The molecule has 7 heteroatoms. The van der Waals surface area contributed by atoms with Crippen LogP contribution in [0.2, 0.25) is 0 Å². The summed E-state index contributed by atoms with van der Waals surface area (Å²) < 4.78 is 13.1. The third-order valence-corrected chi connectivity index (χ3v) is 5.28. The Bertz CT molecular complexity index is 956. The Labute approximate surface area is 149 Å². The normalized spacial score (nSPS) is 24.0. The molecule has 1 N–H and O–H groups in total. The minimum absolute atomic E-state index is 0.0557. The van der Waals surface area contributed by atoms with Gasteiger partial charge in [-0.25, -0.2) is 4.39 Å². The summed E-state index contributed by atoms with van der Waals surface area (Å²) in [5.74, 6) is 0.879. The van der Waals surface area contributed by atoms with Crippen molar-refractivity contribution in [1.82, 2.24) is 20.4 Å². The molecule has 130 valence electrons. The van der Waals surface area contributed by atoms with Crippen molar-refractivity contribution in [2.45, 2.75) is 18.9 Å². The van der Waals surface area contributed by atoms with Crippen molar-refractivity contribution in [3.63, 3.8) is 0 Å². The number of aromatic nitrogens is 4. The first-order valence-electron chi connectivity index (χ1n) is 8.61. The van der Waals surface area contributed by atoms with Gasteiger partial charge in [0.05, 0.1) is 18.1 Å². The maximum absolute atomic E-state index is 13.1. The minimum Gasteiger partial charge on any atom is -0.293 e. The van der Waals surface area contributed by atoms with E-state index in [4.69, 9.17) is 0 Å². The molecule has 1 saturated heterocycles. The maximum Gasteiger partial charge on any atom is 0.232 e. The molecule has 0 bridgehead atoms. The molecule has 2 aliphatic rings. The van der Waals surface area contributed by atoms with Crippen LogP contribution in [0.15, 0.2) is 48.8 Å². The number of carbonyl (C=O) groups excluding carboxylic acids is 1. The van der Waals surface area contributed by atoms with Crippen molar-refractivity contribution in [3.8, 4) is 11.3 Å². The second-order valence-electron chi connectivity index (χ2n) is 6.88. The molecule has 1 aromatic carbocycles. The molecule has 3 heterocycles. The Hall–Kier alpha value is -3.09. The fourth-order valence-corrected chi connectivity index (χ4v) is 3.89. The molecule has 2 fully saturated rings. The summed E-state index contributed by atoms with van der Waals surface area (Å²) in [5, 5.41) is 14.9. The average Bonchev–Trinajstić information content (AvgIpc) is 3.18. The molecule has 1 aliphatic carbocycles. The van der Waals surface area contributed by atoms with Crippen LogP contribution in [0.3, 0.4) is 0 Å². The van der Waals surface area contributed by atoms with Crippen molar-refractivity contribution in [2.24, 2.45) is 11.8 Å². The van der Waals surface area contributed by atoms with Gasteiger partial charge in [0.25, 0.3) is 0 Å². The lowest BCUT2D eigenvalue weighted by molar-refractivity contribution is -0.121. The van der Waals surface area contributed by atoms with Crippen LogP contribution < -0.4 is 4.90 Å². The number of fused-ring (bicyclic) bond motifs is 1. The summed E-state index contributed by atoms with van der Waals surface area (Å²) in [6, 6.07) is 10.3. The number of H-pyrrole nitrogens is 1. The fraction of sp³-hybridized carbons (Fsp3) is 0.263. The highest BCUT2D eigenvalue weighted by Crippen LogP contribution is 2.51. The Balaban J connectivity index is 1.37. The Kier molecular flexibility index (Phi) is 3.34. The van der Waals surface area contributed by atoms with E-state index in [9.17, 15) is 9.18 Å². The molecule has 1 saturated carbocycles. The summed E-state index contributed by atoms with van der Waals surface area (Å²) in [6.45, 7) is 0. The number of piperidine rings is 1. The Morgan fingerprint density at radius 1 is 1.19 bits per heavy atom. The van der Waals surface area contributed by atoms with Crippen molar-refractivity contribution in [2.75, 3.05) is 4.90 Å². The van der Waals surface area contributed by atoms with Gasteiger partial charge in [-0.1, -0.05) is 12.1 Å². The van der Waals surface area contributed by atoms with Crippen LogP contribution in [-0.4, -0.2) is 32.3 Å². The van der Waals surface area contributed by atoms with Gasteiger partial charge in [0.2, 0.25) is 5.91 Å². The predicted molar refractivity (Wildman–Crippen MR) is 92.6 cm³/mol. The van der Waals surface area contributed by atoms with E-state index in [1.807, 2.05) is 17.0 Å². The zero-order chi connectivity index (χ0) is 17.7. The molecular formula is C19H16FN5O. The van der Waals surface area contributed by atoms with E-state index in [0.717, 1.165) is 29.1 Å². The zero-order valence-electron chi connectivity index (χ0n) is 13.8. The van der Waals surface area contributed by atoms with E-state index in [1.54, 1.807) is 24.5 Å². The smallest absolute Gasteiger partial charge is 0.232 e. The zero-order valence-corrected chi connectivity index (χ0v) is 13.8. The summed E-state index contributed by atoms with van der Waals surface area (Å²) in [6.07, 6.45) is 4.90. The SMILES string of the molecule is O=C1C(Cc2ccc(F)cc2)C2CC2N1c1cc(-c2ccnnc2)n[nH]1. The summed E-state index contributed by atoms with van der Waals surface area (Å²) in [4.78, 5) is 14.8. The second-order valence-corrected chi connectivity index (χ2v) is 6.88. The average molecular weight is 349 g/mol. The van der Waals surface area contributed by atoms with Crippen LogP contribution in [0.5, 0.6) is 0 Å². The monoisotopic (exact) mass is 349 g/mol. The molecule has 6 nitrogen and oxygen atoms in total. The number of hydrogen-bond donors (Lipinski definition) is 1. The number of carbonyl (C=O) groups is 1. The number of halogens is 1. The van der Waals surface area contributed by atoms with Crippen LogP contribution in [0.4, 0.5) is 10.2 Å². The van der Waals surface area contributed by atoms with E-state index >= 15 is 0 Å². The minimum atomic E-state index is -0.256. The highest BCUT2D eigenvalue weighted by molar-refractivity contribution is 5.99. The van der Waals surface area contributed by atoms with Crippen molar-refractivity contribution < 1.29 is 9.18 Å². The molecule has 1 amide bonds. The standard InChI is InChI=1S/C19H16FN5O/c20-13-3-1-11(2-4-13)7-15-14-8-17(14)25(19(15)26)18-9-16(23-24-18)12-5-6-21-22-10-12/h1-6,9-10,14-15,17H,7-8H2,(H,23,24). The van der Waals surface area contributed by atoms with Gasteiger partial charge in [-0.3, -0.25) is 14.8 Å². The Morgan fingerprint density at radius 2 is 2.04 bits per heavy atom. The van der Waals surface area contributed by atoms with Crippen molar-refractivity contribution >= 4 is 11.7 Å². The third kappa shape index (κ3) is 2.47. The molecule has 1 aliphatic heterocycles. The number of anilines is 1. The lowest BCUT2D eigenvalue weighted by Gasteiger charge is -2.19. The van der Waals surface area contributed by atoms with Crippen LogP contribution in [0.25, 0.3) is 11.3 Å². The molecule has 3 unspecified atom stereocenters. The first-order valence-corrected chi connectivity index (χ1v) is 8.61. The number of benzene rings is 1. The van der Waals surface area contributed by atoms with Gasteiger partial charge in [0, 0.05) is 23.6 Å². The van der Waals surface area contributed by atoms with Gasteiger partial charge in [-0.15, -0.1) is 0 Å². The maximum atomic E-state index is 13.1. The third-order valence-electron chi connectivity index (χ3n) is 5.28. The predicted octanol–water partition coefficient (Wildman–Crippen LogP) is 2.60. The number of rotatable bonds is 4. The van der Waals surface area contributed by atoms with Crippen LogP contribution >= 0.6 is 0 Å². The van der Waals surface area contributed by atoms with Gasteiger partial charge in [-0.05, 0) is 42.5 Å².